The summed E-state index contributed by atoms with van der Waals surface area (Å²) >= 11 is 0. The number of likely N-dealkylation sites (tertiary alicyclic amines) is 1. The van der Waals surface area contributed by atoms with Gasteiger partial charge in [0.25, 0.3) is 5.91 Å². The zero-order chi connectivity index (χ0) is 17.2. The van der Waals surface area contributed by atoms with E-state index in [1.54, 1.807) is 4.90 Å². The van der Waals surface area contributed by atoms with Crippen LogP contribution < -0.4 is 4.74 Å². The van der Waals surface area contributed by atoms with Crippen molar-refractivity contribution in [3.63, 3.8) is 0 Å². The summed E-state index contributed by atoms with van der Waals surface area (Å²) in [6.45, 7) is 8.41. The molecule has 23 heavy (non-hydrogen) atoms. The molecule has 1 aliphatic rings. The van der Waals surface area contributed by atoms with E-state index in [1.807, 2.05) is 45.9 Å². The van der Waals surface area contributed by atoms with Crippen molar-refractivity contribution in [3.8, 4) is 5.75 Å². The smallest absolute Gasteiger partial charge is 0.311 e. The van der Waals surface area contributed by atoms with Crippen LogP contribution in [0.25, 0.3) is 0 Å². The number of aryl methyl sites for hydroxylation is 2. The molecular weight excluding hydrogens is 294 g/mol. The number of ether oxygens (including phenoxy) is 1. The standard InChI is InChI=1S/C18H25NO4/c1-12(2)18(17(21)22)7-8-19(11-18)16(20)10-23-15-6-5-13(3)9-14(15)4/h5-6,9,12H,7-8,10-11H2,1-4H3,(H,21,22). The Balaban J connectivity index is 1.98. The van der Waals surface area contributed by atoms with Gasteiger partial charge in [0.1, 0.15) is 5.75 Å². The highest BCUT2D eigenvalue weighted by molar-refractivity contribution is 5.81. The van der Waals surface area contributed by atoms with Crippen molar-refractivity contribution in [3.05, 3.63) is 29.3 Å². The summed E-state index contributed by atoms with van der Waals surface area (Å²) in [6, 6.07) is 5.80. The first-order valence-electron chi connectivity index (χ1n) is 7.97. The molecule has 1 atom stereocenters. The molecular formula is C18H25NO4. The van der Waals surface area contributed by atoms with Gasteiger partial charge >= 0.3 is 5.97 Å². The lowest BCUT2D eigenvalue weighted by molar-refractivity contribution is -0.151. The van der Waals surface area contributed by atoms with Crippen molar-refractivity contribution in [1.82, 2.24) is 4.90 Å². The average molecular weight is 319 g/mol. The maximum Gasteiger partial charge on any atom is 0.311 e. The van der Waals surface area contributed by atoms with Crippen LogP contribution in [0.1, 0.15) is 31.4 Å². The van der Waals surface area contributed by atoms with Crippen LogP contribution in [0.4, 0.5) is 0 Å². The molecule has 1 N–H and O–H groups in total. The molecule has 1 aromatic carbocycles. The Hall–Kier alpha value is -2.04. The molecule has 5 heteroatoms. The molecule has 0 bridgehead atoms. The fourth-order valence-corrected chi connectivity index (χ4v) is 3.13. The summed E-state index contributed by atoms with van der Waals surface area (Å²) in [7, 11) is 0. The van der Waals surface area contributed by atoms with Gasteiger partial charge in [-0.25, -0.2) is 0 Å². The minimum atomic E-state index is -0.838. The number of amides is 1. The summed E-state index contributed by atoms with van der Waals surface area (Å²) in [5.74, 6) is -0.304. The van der Waals surface area contributed by atoms with E-state index in [4.69, 9.17) is 4.74 Å². The summed E-state index contributed by atoms with van der Waals surface area (Å²) in [5, 5.41) is 9.53. The molecule has 1 amide bonds. The number of carbonyl (C=O) groups is 2. The van der Waals surface area contributed by atoms with E-state index in [-0.39, 0.29) is 25.0 Å². The zero-order valence-corrected chi connectivity index (χ0v) is 14.3. The Morgan fingerprint density at radius 2 is 2.04 bits per heavy atom. The molecule has 2 rings (SSSR count). The monoisotopic (exact) mass is 319 g/mol. The third-order valence-electron chi connectivity index (χ3n) is 4.87. The van der Waals surface area contributed by atoms with Gasteiger partial charge in [-0.1, -0.05) is 31.5 Å². The minimum Gasteiger partial charge on any atom is -0.484 e. The van der Waals surface area contributed by atoms with Gasteiger partial charge in [-0.15, -0.1) is 0 Å². The second-order valence-corrected chi connectivity index (χ2v) is 6.74. The Morgan fingerprint density at radius 1 is 1.35 bits per heavy atom. The number of aliphatic carboxylic acids is 1. The van der Waals surface area contributed by atoms with Gasteiger partial charge in [-0.2, -0.15) is 0 Å². The Bertz CT molecular complexity index is 611. The largest absolute Gasteiger partial charge is 0.484 e. The molecule has 0 aliphatic carbocycles. The summed E-state index contributed by atoms with van der Waals surface area (Å²) < 4.78 is 5.62. The fraction of sp³-hybridized carbons (Fsp3) is 0.556. The predicted octanol–water partition coefficient (Wildman–Crippen LogP) is 2.64. The van der Waals surface area contributed by atoms with Gasteiger partial charge in [0.05, 0.1) is 5.41 Å². The Kier molecular flexibility index (Phi) is 4.97. The van der Waals surface area contributed by atoms with Crippen molar-refractivity contribution in [2.24, 2.45) is 11.3 Å². The number of nitrogens with zero attached hydrogens (tertiary/aromatic N) is 1. The highest BCUT2D eigenvalue weighted by atomic mass is 16.5. The van der Waals surface area contributed by atoms with Crippen molar-refractivity contribution in [2.45, 2.75) is 34.1 Å². The van der Waals surface area contributed by atoms with Crippen LogP contribution in [0, 0.1) is 25.2 Å². The molecule has 126 valence electrons. The number of rotatable bonds is 5. The second kappa shape index (κ2) is 6.60. The molecule has 1 unspecified atom stereocenters. The lowest BCUT2D eigenvalue weighted by atomic mass is 9.76. The molecule has 1 saturated heterocycles. The Morgan fingerprint density at radius 3 is 2.57 bits per heavy atom. The summed E-state index contributed by atoms with van der Waals surface area (Å²) in [6.07, 6.45) is 0.495. The van der Waals surface area contributed by atoms with Crippen LogP contribution in [0.2, 0.25) is 0 Å². The van der Waals surface area contributed by atoms with Crippen molar-refractivity contribution < 1.29 is 19.4 Å². The highest BCUT2D eigenvalue weighted by Crippen LogP contribution is 2.38. The quantitative estimate of drug-likeness (QED) is 0.906. The van der Waals surface area contributed by atoms with Crippen molar-refractivity contribution in [2.75, 3.05) is 19.7 Å². The molecule has 0 radical (unpaired) electrons. The van der Waals surface area contributed by atoms with Crippen molar-refractivity contribution >= 4 is 11.9 Å². The number of carboxylic acids is 1. The van der Waals surface area contributed by atoms with Crippen LogP contribution in [-0.4, -0.2) is 41.6 Å². The van der Waals surface area contributed by atoms with E-state index >= 15 is 0 Å². The molecule has 1 fully saturated rings. The normalized spacial score (nSPS) is 20.8. The van der Waals surface area contributed by atoms with E-state index in [1.165, 1.54) is 0 Å². The van der Waals surface area contributed by atoms with E-state index < -0.39 is 11.4 Å². The zero-order valence-electron chi connectivity index (χ0n) is 14.3. The van der Waals surface area contributed by atoms with Crippen LogP contribution >= 0.6 is 0 Å². The molecule has 0 aromatic heterocycles. The second-order valence-electron chi connectivity index (χ2n) is 6.74. The van der Waals surface area contributed by atoms with E-state index in [2.05, 4.69) is 0 Å². The van der Waals surface area contributed by atoms with E-state index in [9.17, 15) is 14.7 Å². The van der Waals surface area contributed by atoms with E-state index in [0.717, 1.165) is 11.1 Å². The molecule has 1 aliphatic heterocycles. The lowest BCUT2D eigenvalue weighted by Crippen LogP contribution is -2.41. The van der Waals surface area contributed by atoms with Crippen LogP contribution in [-0.2, 0) is 9.59 Å². The van der Waals surface area contributed by atoms with Crippen LogP contribution in [0.3, 0.4) is 0 Å². The van der Waals surface area contributed by atoms with Gasteiger partial charge in [-0.05, 0) is 37.8 Å². The van der Waals surface area contributed by atoms with Crippen LogP contribution in [0.5, 0.6) is 5.75 Å². The third kappa shape index (κ3) is 3.49. The van der Waals surface area contributed by atoms with Gasteiger partial charge in [0, 0.05) is 13.1 Å². The number of benzene rings is 1. The number of carboxylic acid groups (broad SMARTS) is 1. The molecule has 0 spiro atoms. The molecule has 1 aromatic rings. The number of hydrogen-bond donors (Lipinski definition) is 1. The Labute approximate surface area is 137 Å². The van der Waals surface area contributed by atoms with E-state index in [0.29, 0.717) is 18.7 Å². The van der Waals surface area contributed by atoms with Gasteiger partial charge in [0.2, 0.25) is 0 Å². The SMILES string of the molecule is Cc1ccc(OCC(=O)N2CCC(C(=O)O)(C(C)C)C2)c(C)c1. The van der Waals surface area contributed by atoms with Gasteiger partial charge in [0.15, 0.2) is 6.61 Å². The third-order valence-corrected chi connectivity index (χ3v) is 4.87. The molecule has 5 nitrogen and oxygen atoms in total. The first kappa shape index (κ1) is 17.3. The molecule has 1 heterocycles. The van der Waals surface area contributed by atoms with Crippen LogP contribution in [0.15, 0.2) is 18.2 Å². The van der Waals surface area contributed by atoms with Gasteiger partial charge in [-0.3, -0.25) is 9.59 Å². The first-order chi connectivity index (χ1) is 10.8. The van der Waals surface area contributed by atoms with Crippen molar-refractivity contribution in [1.29, 1.82) is 0 Å². The average Bonchev–Trinajstić information content (AvgIpc) is 2.92. The first-order valence-corrected chi connectivity index (χ1v) is 7.97. The summed E-state index contributed by atoms with van der Waals surface area (Å²) in [4.78, 5) is 25.6. The summed E-state index contributed by atoms with van der Waals surface area (Å²) in [5.41, 5.74) is 1.29. The number of hydrogen-bond acceptors (Lipinski definition) is 3. The predicted molar refractivity (Wildman–Crippen MR) is 87.5 cm³/mol. The highest BCUT2D eigenvalue weighted by Gasteiger charge is 2.48. The minimum absolute atomic E-state index is 0.0157. The lowest BCUT2D eigenvalue weighted by Gasteiger charge is -2.28. The maximum atomic E-state index is 12.3. The topological polar surface area (TPSA) is 66.8 Å². The van der Waals surface area contributed by atoms with Gasteiger partial charge < -0.3 is 14.7 Å². The fourth-order valence-electron chi connectivity index (χ4n) is 3.13. The number of carbonyl (C=O) groups excluding carboxylic acids is 1. The maximum absolute atomic E-state index is 12.3. The molecule has 0 saturated carbocycles.